The van der Waals surface area contributed by atoms with Gasteiger partial charge in [0.15, 0.2) is 0 Å². The molecular weight excluding hydrogens is 234 g/mol. The topological polar surface area (TPSA) is 41.3 Å². The van der Waals surface area contributed by atoms with Gasteiger partial charge in [-0.25, -0.2) is 0 Å². The Kier molecular flexibility index (Phi) is 6.28. The summed E-state index contributed by atoms with van der Waals surface area (Å²) >= 11 is 0. The molecule has 1 fully saturated rings. The van der Waals surface area contributed by atoms with Crippen molar-refractivity contribution in [2.45, 2.75) is 47.0 Å². The maximum atomic E-state index is 5.67. The Morgan fingerprint density at radius 1 is 1.21 bits per heavy atom. The van der Waals surface area contributed by atoms with E-state index in [1.165, 1.54) is 25.9 Å². The van der Waals surface area contributed by atoms with E-state index in [2.05, 4.69) is 45.0 Å². The second-order valence-electron chi connectivity index (χ2n) is 7.90. The fourth-order valence-corrected chi connectivity index (χ4v) is 3.15. The fraction of sp³-hybridized carbons (Fsp3) is 1.00. The minimum atomic E-state index is 0.314. The molecule has 0 aromatic carbocycles. The summed E-state index contributed by atoms with van der Waals surface area (Å²) in [7, 11) is 2.25. The van der Waals surface area contributed by atoms with Crippen LogP contribution in [0.15, 0.2) is 0 Å². The first-order valence-electron chi connectivity index (χ1n) is 7.86. The van der Waals surface area contributed by atoms with Crippen molar-refractivity contribution in [3.63, 3.8) is 0 Å². The molecule has 19 heavy (non-hydrogen) atoms. The first kappa shape index (κ1) is 16.9. The third-order valence-electron chi connectivity index (χ3n) is 4.73. The first-order chi connectivity index (χ1) is 8.77. The van der Waals surface area contributed by atoms with Gasteiger partial charge in [0.2, 0.25) is 0 Å². The highest BCUT2D eigenvalue weighted by molar-refractivity contribution is 4.86. The highest BCUT2D eigenvalue weighted by Crippen LogP contribution is 2.33. The molecule has 1 aliphatic rings. The fourth-order valence-electron chi connectivity index (χ4n) is 3.15. The van der Waals surface area contributed by atoms with Gasteiger partial charge in [0, 0.05) is 19.6 Å². The average Bonchev–Trinajstić information content (AvgIpc) is 2.28. The molecule has 0 aromatic rings. The molecule has 0 aromatic heterocycles. The third-order valence-corrected chi connectivity index (χ3v) is 4.73. The van der Waals surface area contributed by atoms with Crippen LogP contribution in [0.4, 0.5) is 0 Å². The van der Waals surface area contributed by atoms with Gasteiger partial charge in [0.05, 0.1) is 0 Å². The number of rotatable bonds is 7. The van der Waals surface area contributed by atoms with Crippen molar-refractivity contribution >= 4 is 0 Å². The Hall–Kier alpha value is -0.120. The molecule has 1 atom stereocenters. The standard InChI is InChI=1S/C16H35N3/c1-15(2,8-9-17)12-18-13-16(3,4)14-7-6-10-19(5)11-14/h14,18H,6-13,17H2,1-5H3. The van der Waals surface area contributed by atoms with Gasteiger partial charge in [-0.2, -0.15) is 0 Å². The quantitative estimate of drug-likeness (QED) is 0.745. The molecule has 0 radical (unpaired) electrons. The molecule has 0 bridgehead atoms. The highest BCUT2D eigenvalue weighted by atomic mass is 15.1. The summed E-state index contributed by atoms with van der Waals surface area (Å²) in [5, 5.41) is 3.69. The van der Waals surface area contributed by atoms with Gasteiger partial charge in [-0.3, -0.25) is 0 Å². The third kappa shape index (κ3) is 5.80. The van der Waals surface area contributed by atoms with Crippen molar-refractivity contribution in [3.8, 4) is 0 Å². The predicted octanol–water partition coefficient (Wildman–Crippen LogP) is 2.32. The Balaban J connectivity index is 2.37. The van der Waals surface area contributed by atoms with Gasteiger partial charge in [-0.05, 0) is 56.1 Å². The van der Waals surface area contributed by atoms with Crippen LogP contribution in [0.2, 0.25) is 0 Å². The van der Waals surface area contributed by atoms with Gasteiger partial charge >= 0.3 is 0 Å². The van der Waals surface area contributed by atoms with Gasteiger partial charge in [-0.15, -0.1) is 0 Å². The maximum Gasteiger partial charge on any atom is 0.00122 e. The summed E-state index contributed by atoms with van der Waals surface area (Å²) < 4.78 is 0. The summed E-state index contributed by atoms with van der Waals surface area (Å²) in [4.78, 5) is 2.48. The molecule has 0 spiro atoms. The molecule has 1 aliphatic heterocycles. The van der Waals surface area contributed by atoms with Gasteiger partial charge < -0.3 is 16.0 Å². The summed E-state index contributed by atoms with van der Waals surface area (Å²) in [5.74, 6) is 0.816. The Labute approximate surface area is 120 Å². The van der Waals surface area contributed by atoms with E-state index in [1.54, 1.807) is 0 Å². The van der Waals surface area contributed by atoms with E-state index in [4.69, 9.17) is 5.73 Å². The van der Waals surface area contributed by atoms with Crippen LogP contribution in [-0.4, -0.2) is 44.7 Å². The molecule has 1 unspecified atom stereocenters. The largest absolute Gasteiger partial charge is 0.330 e. The van der Waals surface area contributed by atoms with E-state index in [-0.39, 0.29) is 0 Å². The number of hydrogen-bond acceptors (Lipinski definition) is 3. The van der Waals surface area contributed by atoms with Crippen molar-refractivity contribution in [2.75, 3.05) is 39.8 Å². The lowest BCUT2D eigenvalue weighted by atomic mass is 9.74. The SMILES string of the molecule is CN1CCCC(C(C)(C)CNCC(C)(C)CCN)C1. The normalized spacial score (nSPS) is 22.7. The Bertz CT molecular complexity index is 261. The summed E-state index contributed by atoms with van der Waals surface area (Å²) in [6.07, 6.45) is 3.82. The van der Waals surface area contributed by atoms with Crippen LogP contribution < -0.4 is 11.1 Å². The van der Waals surface area contributed by atoms with E-state index in [0.29, 0.717) is 10.8 Å². The molecule has 0 aliphatic carbocycles. The van der Waals surface area contributed by atoms with Crippen LogP contribution >= 0.6 is 0 Å². The van der Waals surface area contributed by atoms with E-state index in [1.807, 2.05) is 0 Å². The molecule has 1 saturated heterocycles. The van der Waals surface area contributed by atoms with Crippen molar-refractivity contribution in [1.29, 1.82) is 0 Å². The van der Waals surface area contributed by atoms with Crippen LogP contribution in [0.25, 0.3) is 0 Å². The second-order valence-corrected chi connectivity index (χ2v) is 7.90. The van der Waals surface area contributed by atoms with E-state index in [9.17, 15) is 0 Å². The van der Waals surface area contributed by atoms with Crippen molar-refractivity contribution in [3.05, 3.63) is 0 Å². The lowest BCUT2D eigenvalue weighted by Crippen LogP contribution is -2.45. The zero-order valence-corrected chi connectivity index (χ0v) is 13.8. The lowest BCUT2D eigenvalue weighted by Gasteiger charge is -2.41. The molecule has 1 rings (SSSR count). The van der Waals surface area contributed by atoms with Crippen LogP contribution in [-0.2, 0) is 0 Å². The number of nitrogens with zero attached hydrogens (tertiary/aromatic N) is 1. The van der Waals surface area contributed by atoms with Crippen LogP contribution in [0.1, 0.15) is 47.0 Å². The summed E-state index contributed by atoms with van der Waals surface area (Å²) in [6.45, 7) is 14.9. The molecule has 3 heteroatoms. The molecule has 114 valence electrons. The molecule has 0 saturated carbocycles. The lowest BCUT2D eigenvalue weighted by molar-refractivity contribution is 0.0999. The number of piperidine rings is 1. The molecule has 3 N–H and O–H groups in total. The number of likely N-dealkylation sites (tertiary alicyclic amines) is 1. The van der Waals surface area contributed by atoms with E-state index in [0.717, 1.165) is 32.0 Å². The smallest absolute Gasteiger partial charge is 0.00122 e. The average molecular weight is 269 g/mol. The zero-order chi connectivity index (χ0) is 14.5. The molecule has 0 amide bonds. The maximum absolute atomic E-state index is 5.67. The van der Waals surface area contributed by atoms with Crippen LogP contribution in [0.3, 0.4) is 0 Å². The predicted molar refractivity (Wildman–Crippen MR) is 84.3 cm³/mol. The van der Waals surface area contributed by atoms with Crippen molar-refractivity contribution < 1.29 is 0 Å². The second kappa shape index (κ2) is 7.05. The van der Waals surface area contributed by atoms with Gasteiger partial charge in [0.1, 0.15) is 0 Å². The van der Waals surface area contributed by atoms with Crippen molar-refractivity contribution in [1.82, 2.24) is 10.2 Å². The molecular formula is C16H35N3. The number of nitrogens with two attached hydrogens (primary N) is 1. The van der Waals surface area contributed by atoms with E-state index < -0.39 is 0 Å². The van der Waals surface area contributed by atoms with Gasteiger partial charge in [0.25, 0.3) is 0 Å². The van der Waals surface area contributed by atoms with E-state index >= 15 is 0 Å². The van der Waals surface area contributed by atoms with Crippen LogP contribution in [0.5, 0.6) is 0 Å². The van der Waals surface area contributed by atoms with Crippen molar-refractivity contribution in [2.24, 2.45) is 22.5 Å². The number of hydrogen-bond donors (Lipinski definition) is 2. The number of nitrogens with one attached hydrogen (secondary N) is 1. The molecule has 3 nitrogen and oxygen atoms in total. The molecule has 1 heterocycles. The first-order valence-corrected chi connectivity index (χ1v) is 7.86. The Morgan fingerprint density at radius 2 is 1.89 bits per heavy atom. The Morgan fingerprint density at radius 3 is 2.47 bits per heavy atom. The zero-order valence-electron chi connectivity index (χ0n) is 13.8. The monoisotopic (exact) mass is 269 g/mol. The highest BCUT2D eigenvalue weighted by Gasteiger charge is 2.32. The summed E-state index contributed by atoms with van der Waals surface area (Å²) in [5.41, 5.74) is 6.37. The van der Waals surface area contributed by atoms with Gasteiger partial charge in [-0.1, -0.05) is 27.7 Å². The minimum absolute atomic E-state index is 0.314. The van der Waals surface area contributed by atoms with Crippen LogP contribution in [0, 0.1) is 16.7 Å². The minimum Gasteiger partial charge on any atom is -0.330 e. The summed E-state index contributed by atoms with van der Waals surface area (Å²) in [6, 6.07) is 0.